The third-order valence-corrected chi connectivity index (χ3v) is 3.26. The fraction of sp³-hybridized carbons (Fsp3) is 0.600. The van der Waals surface area contributed by atoms with Gasteiger partial charge in [-0.1, -0.05) is 13.8 Å². The molecular formula is C15H27N3. The Kier molecular flexibility index (Phi) is 6.58. The first kappa shape index (κ1) is 14.8. The molecule has 1 aliphatic heterocycles. The Morgan fingerprint density at radius 1 is 1.00 bits per heavy atom. The van der Waals surface area contributed by atoms with Crippen molar-refractivity contribution in [2.75, 3.05) is 37.8 Å². The van der Waals surface area contributed by atoms with Crippen LogP contribution < -0.4 is 10.6 Å². The number of hydrogen-bond donors (Lipinski definition) is 2. The molecule has 0 aromatic heterocycles. The molecule has 1 saturated heterocycles. The summed E-state index contributed by atoms with van der Waals surface area (Å²) in [5.74, 6) is 0. The summed E-state index contributed by atoms with van der Waals surface area (Å²) in [6.45, 7) is 6.40. The molecule has 1 aromatic carbocycles. The van der Waals surface area contributed by atoms with Gasteiger partial charge in [0.1, 0.15) is 0 Å². The average Bonchev–Trinajstić information content (AvgIpc) is 2.44. The number of rotatable bonds is 3. The molecule has 2 N–H and O–H groups in total. The molecule has 102 valence electrons. The first-order chi connectivity index (χ1) is 8.78. The van der Waals surface area contributed by atoms with Gasteiger partial charge in [0.05, 0.1) is 0 Å². The highest BCUT2D eigenvalue weighted by Crippen LogP contribution is 2.17. The highest BCUT2D eigenvalue weighted by atomic mass is 15.1. The Hall–Kier alpha value is -1.22. The number of nitrogens with one attached hydrogen (secondary N) is 2. The van der Waals surface area contributed by atoms with Gasteiger partial charge in [-0.2, -0.15) is 0 Å². The van der Waals surface area contributed by atoms with Crippen LogP contribution in [0.1, 0.15) is 26.7 Å². The smallest absolute Gasteiger partial charge is 0.0343 e. The summed E-state index contributed by atoms with van der Waals surface area (Å²) >= 11 is 0. The van der Waals surface area contributed by atoms with Gasteiger partial charge >= 0.3 is 0 Å². The topological polar surface area (TPSA) is 27.3 Å². The van der Waals surface area contributed by atoms with Gasteiger partial charge in [-0.25, -0.2) is 0 Å². The van der Waals surface area contributed by atoms with Crippen molar-refractivity contribution in [3.05, 3.63) is 24.3 Å². The van der Waals surface area contributed by atoms with Crippen molar-refractivity contribution >= 4 is 11.4 Å². The lowest BCUT2D eigenvalue weighted by Gasteiger charge is -2.30. The summed E-state index contributed by atoms with van der Waals surface area (Å²) in [6, 6.07) is 9.14. The largest absolute Gasteiger partial charge is 0.388 e. The van der Waals surface area contributed by atoms with Crippen LogP contribution in [0, 0.1) is 0 Å². The normalized spacial score (nSPS) is 16.7. The Balaban J connectivity index is 0.000000771. The quantitative estimate of drug-likeness (QED) is 0.861. The first-order valence-electron chi connectivity index (χ1n) is 7.01. The third kappa shape index (κ3) is 4.57. The van der Waals surface area contributed by atoms with Crippen LogP contribution in [0.3, 0.4) is 0 Å². The number of nitrogens with zero attached hydrogens (tertiary/aromatic N) is 1. The second kappa shape index (κ2) is 7.98. The van der Waals surface area contributed by atoms with E-state index in [1.807, 2.05) is 20.9 Å². The molecule has 0 aliphatic carbocycles. The molecule has 3 heteroatoms. The molecule has 0 radical (unpaired) electrons. The Bertz CT molecular complexity index is 313. The second-order valence-electron chi connectivity index (χ2n) is 4.55. The lowest BCUT2D eigenvalue weighted by atomic mass is 10.1. The minimum atomic E-state index is 0.636. The molecule has 18 heavy (non-hydrogen) atoms. The Morgan fingerprint density at radius 2 is 1.50 bits per heavy atom. The summed E-state index contributed by atoms with van der Waals surface area (Å²) in [5, 5.41) is 6.73. The highest BCUT2D eigenvalue weighted by Gasteiger charge is 2.15. The number of piperidine rings is 1. The van der Waals surface area contributed by atoms with Crippen molar-refractivity contribution in [1.82, 2.24) is 4.90 Å². The lowest BCUT2D eigenvalue weighted by molar-refractivity contribution is 0.264. The van der Waals surface area contributed by atoms with E-state index >= 15 is 0 Å². The zero-order valence-electron chi connectivity index (χ0n) is 12.2. The van der Waals surface area contributed by atoms with E-state index in [1.54, 1.807) is 0 Å². The summed E-state index contributed by atoms with van der Waals surface area (Å²) in [7, 11) is 4.14. The highest BCUT2D eigenvalue weighted by molar-refractivity contribution is 5.53. The molecular weight excluding hydrogens is 222 g/mol. The van der Waals surface area contributed by atoms with Crippen LogP contribution in [-0.4, -0.2) is 38.1 Å². The molecule has 1 aliphatic rings. The predicted molar refractivity (Wildman–Crippen MR) is 81.5 cm³/mol. The van der Waals surface area contributed by atoms with Gasteiger partial charge in [0, 0.05) is 24.5 Å². The van der Waals surface area contributed by atoms with E-state index in [4.69, 9.17) is 0 Å². The molecule has 1 heterocycles. The van der Waals surface area contributed by atoms with Crippen LogP contribution in [0.15, 0.2) is 24.3 Å². The molecule has 1 fully saturated rings. The molecule has 2 rings (SSSR count). The minimum Gasteiger partial charge on any atom is -0.388 e. The van der Waals surface area contributed by atoms with Crippen molar-refractivity contribution in [2.45, 2.75) is 32.7 Å². The van der Waals surface area contributed by atoms with Gasteiger partial charge in [-0.3, -0.25) is 0 Å². The molecule has 1 aromatic rings. The van der Waals surface area contributed by atoms with Crippen LogP contribution in [0.25, 0.3) is 0 Å². The van der Waals surface area contributed by atoms with Crippen molar-refractivity contribution < 1.29 is 0 Å². The maximum absolute atomic E-state index is 3.60. The maximum atomic E-state index is 3.60. The van der Waals surface area contributed by atoms with Crippen LogP contribution in [-0.2, 0) is 0 Å². The van der Waals surface area contributed by atoms with E-state index in [2.05, 4.69) is 46.8 Å². The number of likely N-dealkylation sites (tertiary alicyclic amines) is 1. The van der Waals surface area contributed by atoms with Crippen LogP contribution in [0.4, 0.5) is 11.4 Å². The molecule has 0 unspecified atom stereocenters. The van der Waals surface area contributed by atoms with Gasteiger partial charge in [0.25, 0.3) is 0 Å². The Morgan fingerprint density at radius 3 is 2.00 bits per heavy atom. The third-order valence-electron chi connectivity index (χ3n) is 3.26. The number of hydrogen-bond acceptors (Lipinski definition) is 3. The van der Waals surface area contributed by atoms with E-state index < -0.39 is 0 Å². The van der Waals surface area contributed by atoms with Crippen molar-refractivity contribution in [3.8, 4) is 0 Å². The average molecular weight is 249 g/mol. The van der Waals surface area contributed by atoms with Gasteiger partial charge in [0.2, 0.25) is 0 Å². The Labute approximate surface area is 112 Å². The fourth-order valence-corrected chi connectivity index (χ4v) is 2.12. The molecule has 0 atom stereocenters. The summed E-state index contributed by atoms with van der Waals surface area (Å²) in [5.41, 5.74) is 2.39. The van der Waals surface area contributed by atoms with Crippen LogP contribution in [0.5, 0.6) is 0 Å². The van der Waals surface area contributed by atoms with Gasteiger partial charge in [-0.15, -0.1) is 0 Å². The van der Waals surface area contributed by atoms with E-state index in [0.717, 1.165) is 5.69 Å². The summed E-state index contributed by atoms with van der Waals surface area (Å²) < 4.78 is 0. The van der Waals surface area contributed by atoms with E-state index in [0.29, 0.717) is 6.04 Å². The number of benzene rings is 1. The zero-order chi connectivity index (χ0) is 13.4. The lowest BCUT2D eigenvalue weighted by Crippen LogP contribution is -2.36. The minimum absolute atomic E-state index is 0.636. The monoisotopic (exact) mass is 249 g/mol. The molecule has 0 amide bonds. The molecule has 0 saturated carbocycles. The van der Waals surface area contributed by atoms with Crippen molar-refractivity contribution in [3.63, 3.8) is 0 Å². The van der Waals surface area contributed by atoms with Gasteiger partial charge in [-0.05, 0) is 57.2 Å². The van der Waals surface area contributed by atoms with Crippen LogP contribution in [0.2, 0.25) is 0 Å². The van der Waals surface area contributed by atoms with Crippen molar-refractivity contribution in [1.29, 1.82) is 0 Å². The number of anilines is 2. The molecule has 0 spiro atoms. The van der Waals surface area contributed by atoms with Gasteiger partial charge in [0.15, 0.2) is 0 Å². The second-order valence-corrected chi connectivity index (χ2v) is 4.55. The maximum Gasteiger partial charge on any atom is 0.0343 e. The van der Waals surface area contributed by atoms with Crippen molar-refractivity contribution in [2.24, 2.45) is 0 Å². The van der Waals surface area contributed by atoms with Crippen LogP contribution >= 0.6 is 0 Å². The van der Waals surface area contributed by atoms with Gasteiger partial charge < -0.3 is 15.5 Å². The predicted octanol–water partition coefficient (Wildman–Crippen LogP) is 3.26. The van der Waals surface area contributed by atoms with E-state index in [9.17, 15) is 0 Å². The first-order valence-corrected chi connectivity index (χ1v) is 7.01. The summed E-state index contributed by atoms with van der Waals surface area (Å²) in [6.07, 6.45) is 2.48. The zero-order valence-corrected chi connectivity index (χ0v) is 12.2. The van der Waals surface area contributed by atoms with E-state index in [1.165, 1.54) is 31.6 Å². The summed E-state index contributed by atoms with van der Waals surface area (Å²) in [4.78, 5) is 2.39. The molecule has 0 bridgehead atoms. The SMILES string of the molecule is CC.CNc1ccc(NC2CCN(C)CC2)cc1. The van der Waals surface area contributed by atoms with E-state index in [-0.39, 0.29) is 0 Å². The standard InChI is InChI=1S/C13H21N3.C2H6/c1-14-11-3-5-12(6-4-11)15-13-7-9-16(2)10-8-13;1-2/h3-6,13-15H,7-10H2,1-2H3;1-2H3. The fourth-order valence-electron chi connectivity index (χ4n) is 2.12. The molecule has 3 nitrogen and oxygen atoms in total.